The third-order valence-corrected chi connectivity index (χ3v) is 3.75. The van der Waals surface area contributed by atoms with Gasteiger partial charge in [-0.1, -0.05) is 43.7 Å². The van der Waals surface area contributed by atoms with E-state index in [-0.39, 0.29) is 5.91 Å². The minimum atomic E-state index is -0.872. The lowest BCUT2D eigenvalue weighted by Crippen LogP contribution is -2.30. The zero-order valence-electron chi connectivity index (χ0n) is 14.5. The highest BCUT2D eigenvalue weighted by Crippen LogP contribution is 2.17. The number of nitrogens with one attached hydrogen (secondary N) is 1. The predicted octanol–water partition coefficient (Wildman–Crippen LogP) is 4.30. The van der Waals surface area contributed by atoms with Gasteiger partial charge in [-0.25, -0.2) is 4.79 Å². The van der Waals surface area contributed by atoms with Gasteiger partial charge in [0.1, 0.15) is 0 Å². The number of esters is 1. The molecule has 2 aromatic rings. The molecule has 0 radical (unpaired) electrons. The third-order valence-electron chi connectivity index (χ3n) is 3.75. The van der Waals surface area contributed by atoms with E-state index >= 15 is 0 Å². The average Bonchev–Trinajstić information content (AvgIpc) is 2.55. The molecule has 0 heterocycles. The molecular formula is C20H23NO3. The lowest BCUT2D eigenvalue weighted by Gasteiger charge is -2.14. The summed E-state index contributed by atoms with van der Waals surface area (Å²) in [5, 5.41) is 2.76. The Morgan fingerprint density at radius 1 is 1.00 bits per heavy atom. The van der Waals surface area contributed by atoms with Crippen molar-refractivity contribution in [3.63, 3.8) is 0 Å². The molecule has 4 nitrogen and oxygen atoms in total. The molecule has 0 unspecified atom stereocenters. The fourth-order valence-electron chi connectivity index (χ4n) is 2.25. The number of carbonyl (C=O) groups is 2. The van der Waals surface area contributed by atoms with Crippen molar-refractivity contribution in [1.82, 2.24) is 0 Å². The van der Waals surface area contributed by atoms with Crippen molar-refractivity contribution in [3.05, 3.63) is 65.2 Å². The van der Waals surface area contributed by atoms with Crippen LogP contribution in [0.4, 0.5) is 5.69 Å². The van der Waals surface area contributed by atoms with Gasteiger partial charge in [0.2, 0.25) is 0 Å². The number of ether oxygens (including phenoxy) is 1. The molecule has 126 valence electrons. The fourth-order valence-corrected chi connectivity index (χ4v) is 2.25. The Labute approximate surface area is 142 Å². The van der Waals surface area contributed by atoms with Crippen molar-refractivity contribution in [1.29, 1.82) is 0 Å². The van der Waals surface area contributed by atoms with E-state index in [2.05, 4.69) is 19.2 Å². The third kappa shape index (κ3) is 4.69. The first kappa shape index (κ1) is 17.7. The molecular weight excluding hydrogens is 302 g/mol. The van der Waals surface area contributed by atoms with E-state index in [1.165, 1.54) is 5.56 Å². The Kier molecular flexibility index (Phi) is 5.74. The standard InChI is InChI=1S/C20H23NO3/c1-13(2)16-8-10-18(11-9-16)21-19(22)15(4)24-20(23)17-7-5-6-14(3)12-17/h5-13,15H,1-4H3,(H,21,22)/t15-/m0/s1. The Bertz CT molecular complexity index is 720. The number of benzene rings is 2. The average molecular weight is 325 g/mol. The SMILES string of the molecule is Cc1cccc(C(=O)O[C@@H](C)C(=O)Nc2ccc(C(C)C)cc2)c1. The van der Waals surface area contributed by atoms with Gasteiger partial charge in [0, 0.05) is 5.69 Å². The molecule has 2 rings (SSSR count). The van der Waals surface area contributed by atoms with Crippen molar-refractivity contribution >= 4 is 17.6 Å². The molecule has 0 spiro atoms. The summed E-state index contributed by atoms with van der Waals surface area (Å²) in [7, 11) is 0. The first-order chi connectivity index (χ1) is 11.4. The van der Waals surface area contributed by atoms with Crippen LogP contribution in [-0.2, 0) is 9.53 Å². The molecule has 24 heavy (non-hydrogen) atoms. The van der Waals surface area contributed by atoms with Crippen molar-refractivity contribution in [3.8, 4) is 0 Å². The number of aryl methyl sites for hydroxylation is 1. The van der Waals surface area contributed by atoms with Gasteiger partial charge in [-0.2, -0.15) is 0 Å². The number of carbonyl (C=O) groups excluding carboxylic acids is 2. The molecule has 0 saturated carbocycles. The summed E-state index contributed by atoms with van der Waals surface area (Å²) >= 11 is 0. The zero-order chi connectivity index (χ0) is 17.7. The zero-order valence-corrected chi connectivity index (χ0v) is 14.5. The van der Waals surface area contributed by atoms with E-state index in [1.54, 1.807) is 25.1 Å². The number of hydrogen-bond donors (Lipinski definition) is 1. The van der Waals surface area contributed by atoms with Crippen LogP contribution < -0.4 is 5.32 Å². The van der Waals surface area contributed by atoms with E-state index in [0.29, 0.717) is 17.2 Å². The van der Waals surface area contributed by atoms with E-state index < -0.39 is 12.1 Å². The molecule has 0 aliphatic rings. The highest BCUT2D eigenvalue weighted by atomic mass is 16.5. The lowest BCUT2D eigenvalue weighted by atomic mass is 10.0. The van der Waals surface area contributed by atoms with Crippen LogP contribution in [0.3, 0.4) is 0 Å². The summed E-state index contributed by atoms with van der Waals surface area (Å²) in [6.45, 7) is 7.68. The van der Waals surface area contributed by atoms with Crippen molar-refractivity contribution in [2.24, 2.45) is 0 Å². The summed E-state index contributed by atoms with van der Waals surface area (Å²) in [6.07, 6.45) is -0.872. The molecule has 1 N–H and O–H groups in total. The van der Waals surface area contributed by atoms with Gasteiger partial charge in [0.05, 0.1) is 5.56 Å². The van der Waals surface area contributed by atoms with E-state index in [9.17, 15) is 9.59 Å². The van der Waals surface area contributed by atoms with Gasteiger partial charge >= 0.3 is 5.97 Å². The fraction of sp³-hybridized carbons (Fsp3) is 0.300. The summed E-state index contributed by atoms with van der Waals surface area (Å²) < 4.78 is 5.24. The maximum absolute atomic E-state index is 12.2. The Morgan fingerprint density at radius 3 is 2.25 bits per heavy atom. The quantitative estimate of drug-likeness (QED) is 0.834. The minimum absolute atomic E-state index is 0.353. The molecule has 0 aromatic heterocycles. The molecule has 0 fully saturated rings. The summed E-state index contributed by atoms with van der Waals surface area (Å²) in [6, 6.07) is 14.7. The topological polar surface area (TPSA) is 55.4 Å². The first-order valence-electron chi connectivity index (χ1n) is 8.05. The van der Waals surface area contributed by atoms with Crippen LogP contribution in [-0.4, -0.2) is 18.0 Å². The molecule has 0 aliphatic carbocycles. The van der Waals surface area contributed by atoms with Crippen molar-refractivity contribution in [2.75, 3.05) is 5.32 Å². The second kappa shape index (κ2) is 7.77. The van der Waals surface area contributed by atoms with Crippen LogP contribution in [0.1, 0.15) is 48.2 Å². The Balaban J connectivity index is 1.95. The molecule has 4 heteroatoms. The summed E-state index contributed by atoms with van der Waals surface area (Å²) in [4.78, 5) is 24.3. The monoisotopic (exact) mass is 325 g/mol. The molecule has 0 saturated heterocycles. The number of anilines is 1. The van der Waals surface area contributed by atoms with Gasteiger partial charge in [-0.3, -0.25) is 4.79 Å². The van der Waals surface area contributed by atoms with E-state index in [4.69, 9.17) is 4.74 Å². The molecule has 0 aliphatic heterocycles. The second-order valence-corrected chi connectivity index (χ2v) is 6.18. The van der Waals surface area contributed by atoms with Gasteiger partial charge in [0.15, 0.2) is 6.10 Å². The maximum atomic E-state index is 12.2. The van der Waals surface area contributed by atoms with Crippen LogP contribution in [0.5, 0.6) is 0 Å². The van der Waals surface area contributed by atoms with Crippen LogP contribution in [0, 0.1) is 6.92 Å². The Morgan fingerprint density at radius 2 is 1.67 bits per heavy atom. The minimum Gasteiger partial charge on any atom is -0.449 e. The molecule has 0 bridgehead atoms. The predicted molar refractivity (Wildman–Crippen MR) is 95.2 cm³/mol. The van der Waals surface area contributed by atoms with Gasteiger partial charge < -0.3 is 10.1 Å². The van der Waals surface area contributed by atoms with Gasteiger partial charge in [-0.05, 0) is 49.6 Å². The van der Waals surface area contributed by atoms with Gasteiger partial charge in [-0.15, -0.1) is 0 Å². The normalized spacial score (nSPS) is 11.9. The number of hydrogen-bond acceptors (Lipinski definition) is 3. The van der Waals surface area contributed by atoms with Gasteiger partial charge in [0.25, 0.3) is 5.91 Å². The first-order valence-corrected chi connectivity index (χ1v) is 8.05. The maximum Gasteiger partial charge on any atom is 0.338 e. The highest BCUT2D eigenvalue weighted by Gasteiger charge is 2.19. The second-order valence-electron chi connectivity index (χ2n) is 6.18. The van der Waals surface area contributed by atoms with Crippen LogP contribution in [0.25, 0.3) is 0 Å². The summed E-state index contributed by atoms with van der Waals surface area (Å²) in [5.74, 6) is -0.422. The van der Waals surface area contributed by atoms with Crippen LogP contribution >= 0.6 is 0 Å². The van der Waals surface area contributed by atoms with Crippen LogP contribution in [0.2, 0.25) is 0 Å². The Hall–Kier alpha value is -2.62. The number of rotatable bonds is 5. The van der Waals surface area contributed by atoms with Crippen LogP contribution in [0.15, 0.2) is 48.5 Å². The number of amides is 1. The smallest absolute Gasteiger partial charge is 0.338 e. The molecule has 2 aromatic carbocycles. The lowest BCUT2D eigenvalue weighted by molar-refractivity contribution is -0.123. The molecule has 1 amide bonds. The highest BCUT2D eigenvalue weighted by molar-refractivity contribution is 5.97. The van der Waals surface area contributed by atoms with Crippen molar-refractivity contribution in [2.45, 2.75) is 39.7 Å². The molecule has 1 atom stereocenters. The van der Waals surface area contributed by atoms with E-state index in [1.807, 2.05) is 37.3 Å². The summed E-state index contributed by atoms with van der Waals surface area (Å²) in [5.41, 5.74) is 3.29. The van der Waals surface area contributed by atoms with Crippen molar-refractivity contribution < 1.29 is 14.3 Å². The van der Waals surface area contributed by atoms with E-state index in [0.717, 1.165) is 5.56 Å². The largest absolute Gasteiger partial charge is 0.449 e.